The number of aliphatic hydroxyl groups excluding tert-OH is 1. The van der Waals surface area contributed by atoms with E-state index in [1.54, 1.807) is 18.6 Å². The Morgan fingerprint density at radius 3 is 2.73 bits per heavy atom. The summed E-state index contributed by atoms with van der Waals surface area (Å²) >= 11 is 0. The van der Waals surface area contributed by atoms with Crippen LogP contribution in [0, 0.1) is 0 Å². The van der Waals surface area contributed by atoms with Crippen molar-refractivity contribution >= 4 is 5.76 Å². The van der Waals surface area contributed by atoms with E-state index in [2.05, 4.69) is 9.97 Å². The summed E-state index contributed by atoms with van der Waals surface area (Å²) < 4.78 is 0. The number of aromatic nitrogens is 2. The first-order chi connectivity index (χ1) is 5.38. The summed E-state index contributed by atoms with van der Waals surface area (Å²) in [7, 11) is 0. The Bertz CT molecular complexity index is 286. The van der Waals surface area contributed by atoms with Gasteiger partial charge in [0.1, 0.15) is 11.5 Å². The number of nitrogens with zero attached hydrogens (tertiary/aromatic N) is 2. The van der Waals surface area contributed by atoms with Gasteiger partial charge < -0.3 is 5.11 Å². The minimum absolute atomic E-state index is 0.318. The molecule has 0 atom stereocenters. The van der Waals surface area contributed by atoms with Gasteiger partial charge in [-0.3, -0.25) is 4.98 Å². The van der Waals surface area contributed by atoms with Crippen LogP contribution in [0.5, 0.6) is 0 Å². The Kier molecular flexibility index (Phi) is 1.35. The lowest BCUT2D eigenvalue weighted by molar-refractivity contribution is 0.506. The summed E-state index contributed by atoms with van der Waals surface area (Å²) in [5.74, 6) is 0.318. The third-order valence-corrected chi connectivity index (χ3v) is 1.64. The number of hydrogen-bond donors (Lipinski definition) is 1. The summed E-state index contributed by atoms with van der Waals surface area (Å²) in [6.45, 7) is 0. The molecule has 0 spiro atoms. The van der Waals surface area contributed by atoms with Crippen molar-refractivity contribution in [3.05, 3.63) is 29.9 Å². The quantitative estimate of drug-likeness (QED) is 0.614. The molecular weight excluding hydrogens is 140 g/mol. The fraction of sp³-hybridized carbons (Fsp3) is 0.250. The van der Waals surface area contributed by atoms with Crippen LogP contribution < -0.4 is 0 Å². The molecule has 0 amide bonds. The number of aliphatic hydroxyl groups is 1. The molecule has 11 heavy (non-hydrogen) atoms. The molecule has 1 aliphatic rings. The third kappa shape index (κ3) is 1.22. The van der Waals surface area contributed by atoms with Gasteiger partial charge in [0.15, 0.2) is 0 Å². The standard InChI is InChI=1S/C8H8N2O/c11-8(6-1-2-6)7-5-9-3-4-10-7/h3-5,11H,1-2H2. The molecule has 0 unspecified atom stereocenters. The Hall–Kier alpha value is -1.38. The van der Waals surface area contributed by atoms with E-state index >= 15 is 0 Å². The highest BCUT2D eigenvalue weighted by Crippen LogP contribution is 2.33. The Labute approximate surface area is 64.4 Å². The van der Waals surface area contributed by atoms with Crippen LogP contribution in [0.15, 0.2) is 24.2 Å². The highest BCUT2D eigenvalue weighted by molar-refractivity contribution is 5.61. The maximum atomic E-state index is 9.44. The van der Waals surface area contributed by atoms with Crippen molar-refractivity contribution in [1.29, 1.82) is 0 Å². The van der Waals surface area contributed by atoms with Gasteiger partial charge in [0.25, 0.3) is 0 Å². The minimum Gasteiger partial charge on any atom is -0.506 e. The van der Waals surface area contributed by atoms with Gasteiger partial charge in [-0.25, -0.2) is 4.98 Å². The van der Waals surface area contributed by atoms with Gasteiger partial charge in [-0.15, -0.1) is 0 Å². The molecular formula is C8H8N2O. The zero-order valence-electron chi connectivity index (χ0n) is 5.99. The van der Waals surface area contributed by atoms with Gasteiger partial charge in [0, 0.05) is 12.4 Å². The van der Waals surface area contributed by atoms with E-state index in [1.165, 1.54) is 0 Å². The van der Waals surface area contributed by atoms with Crippen LogP contribution in [0.4, 0.5) is 0 Å². The second-order valence-electron chi connectivity index (χ2n) is 2.54. The molecule has 3 heteroatoms. The third-order valence-electron chi connectivity index (χ3n) is 1.64. The number of hydrogen-bond acceptors (Lipinski definition) is 3. The smallest absolute Gasteiger partial charge is 0.141 e. The first-order valence-corrected chi connectivity index (χ1v) is 3.55. The summed E-state index contributed by atoms with van der Waals surface area (Å²) in [5.41, 5.74) is 1.67. The SMILES string of the molecule is OC(=C1CC1)c1cnccn1. The van der Waals surface area contributed by atoms with Crippen LogP contribution in [0.1, 0.15) is 18.5 Å². The van der Waals surface area contributed by atoms with E-state index in [0.717, 1.165) is 18.4 Å². The molecule has 1 heterocycles. The molecule has 1 saturated carbocycles. The van der Waals surface area contributed by atoms with Crippen LogP contribution in [0.2, 0.25) is 0 Å². The van der Waals surface area contributed by atoms with Crippen LogP contribution >= 0.6 is 0 Å². The van der Waals surface area contributed by atoms with Gasteiger partial charge in [0.05, 0.1) is 6.20 Å². The summed E-state index contributed by atoms with van der Waals surface area (Å²) in [5, 5.41) is 9.44. The molecule has 0 bridgehead atoms. The van der Waals surface area contributed by atoms with E-state index in [1.807, 2.05) is 0 Å². The maximum absolute atomic E-state index is 9.44. The van der Waals surface area contributed by atoms with Gasteiger partial charge in [-0.2, -0.15) is 0 Å². The molecule has 0 aliphatic heterocycles. The van der Waals surface area contributed by atoms with Crippen molar-refractivity contribution in [2.75, 3.05) is 0 Å². The Morgan fingerprint density at radius 2 is 2.18 bits per heavy atom. The second-order valence-corrected chi connectivity index (χ2v) is 2.54. The van der Waals surface area contributed by atoms with Crippen molar-refractivity contribution in [1.82, 2.24) is 9.97 Å². The highest BCUT2D eigenvalue weighted by Gasteiger charge is 2.18. The predicted molar refractivity (Wildman–Crippen MR) is 40.8 cm³/mol. The Balaban J connectivity index is 2.37. The minimum atomic E-state index is 0.318. The zero-order valence-corrected chi connectivity index (χ0v) is 5.99. The van der Waals surface area contributed by atoms with E-state index in [9.17, 15) is 5.11 Å². The molecule has 56 valence electrons. The van der Waals surface area contributed by atoms with Gasteiger partial charge in [-0.05, 0) is 18.4 Å². The molecule has 0 radical (unpaired) electrons. The van der Waals surface area contributed by atoms with E-state index in [0.29, 0.717) is 11.5 Å². The van der Waals surface area contributed by atoms with E-state index in [-0.39, 0.29) is 0 Å². The normalized spacial score (nSPS) is 14.7. The van der Waals surface area contributed by atoms with E-state index in [4.69, 9.17) is 0 Å². The average Bonchev–Trinajstić information content (AvgIpc) is 2.87. The van der Waals surface area contributed by atoms with Gasteiger partial charge in [0.2, 0.25) is 0 Å². The fourth-order valence-corrected chi connectivity index (χ4v) is 0.902. The predicted octanol–water partition coefficient (Wildman–Crippen LogP) is 1.54. The van der Waals surface area contributed by atoms with Crippen LogP contribution in [-0.2, 0) is 0 Å². The van der Waals surface area contributed by atoms with Crippen molar-refractivity contribution < 1.29 is 5.11 Å². The van der Waals surface area contributed by atoms with Crippen LogP contribution in [0.3, 0.4) is 0 Å². The van der Waals surface area contributed by atoms with Gasteiger partial charge in [-0.1, -0.05) is 0 Å². The lowest BCUT2D eigenvalue weighted by Gasteiger charge is -1.94. The first-order valence-electron chi connectivity index (χ1n) is 3.55. The van der Waals surface area contributed by atoms with Crippen molar-refractivity contribution in [2.45, 2.75) is 12.8 Å². The van der Waals surface area contributed by atoms with Crippen molar-refractivity contribution in [3.8, 4) is 0 Å². The summed E-state index contributed by atoms with van der Waals surface area (Å²) in [4.78, 5) is 7.83. The van der Waals surface area contributed by atoms with Crippen LogP contribution in [-0.4, -0.2) is 15.1 Å². The number of rotatable bonds is 1. The molecule has 1 fully saturated rings. The molecule has 1 aliphatic carbocycles. The topological polar surface area (TPSA) is 46.0 Å². The second kappa shape index (κ2) is 2.34. The maximum Gasteiger partial charge on any atom is 0.141 e. The molecule has 3 nitrogen and oxygen atoms in total. The summed E-state index contributed by atoms with van der Waals surface area (Å²) in [6.07, 6.45) is 6.74. The van der Waals surface area contributed by atoms with Crippen LogP contribution in [0.25, 0.3) is 5.76 Å². The van der Waals surface area contributed by atoms with E-state index < -0.39 is 0 Å². The largest absolute Gasteiger partial charge is 0.506 e. The number of allylic oxidation sites excluding steroid dienone is 1. The monoisotopic (exact) mass is 148 g/mol. The molecule has 0 saturated heterocycles. The average molecular weight is 148 g/mol. The molecule has 1 aromatic heterocycles. The lowest BCUT2D eigenvalue weighted by Crippen LogP contribution is -1.87. The highest BCUT2D eigenvalue weighted by atomic mass is 16.3. The lowest BCUT2D eigenvalue weighted by atomic mass is 10.3. The fourth-order valence-electron chi connectivity index (χ4n) is 0.902. The zero-order chi connectivity index (χ0) is 7.68. The van der Waals surface area contributed by atoms with Crippen molar-refractivity contribution in [3.63, 3.8) is 0 Å². The first kappa shape index (κ1) is 6.34. The van der Waals surface area contributed by atoms with Gasteiger partial charge >= 0.3 is 0 Å². The van der Waals surface area contributed by atoms with Crippen molar-refractivity contribution in [2.24, 2.45) is 0 Å². The molecule has 1 aromatic rings. The molecule has 0 aromatic carbocycles. The summed E-state index contributed by atoms with van der Waals surface area (Å²) in [6, 6.07) is 0. The Morgan fingerprint density at radius 1 is 1.36 bits per heavy atom. The molecule has 2 rings (SSSR count). The molecule has 1 N–H and O–H groups in total.